The summed E-state index contributed by atoms with van der Waals surface area (Å²) in [5, 5.41) is 8.96. The molecule has 1 amide bonds. The predicted octanol–water partition coefficient (Wildman–Crippen LogP) is 4.47. The highest BCUT2D eigenvalue weighted by Crippen LogP contribution is 2.38. The van der Waals surface area contributed by atoms with Crippen molar-refractivity contribution < 1.29 is 4.79 Å². The average Bonchev–Trinajstić information content (AvgIpc) is 2.62. The van der Waals surface area contributed by atoms with E-state index in [0.717, 1.165) is 22.0 Å². The van der Waals surface area contributed by atoms with Gasteiger partial charge in [0, 0.05) is 41.6 Å². The number of amides is 1. The van der Waals surface area contributed by atoms with E-state index in [1.54, 1.807) is 36.9 Å². The topological polar surface area (TPSA) is 66.9 Å². The van der Waals surface area contributed by atoms with E-state index >= 15 is 0 Å². The van der Waals surface area contributed by atoms with E-state index in [-0.39, 0.29) is 11.8 Å². The van der Waals surface area contributed by atoms with E-state index in [2.05, 4.69) is 20.6 Å². The van der Waals surface area contributed by atoms with Gasteiger partial charge in [0.2, 0.25) is 5.91 Å². The molecule has 0 bridgehead atoms. The Bertz CT molecular complexity index is 971. The van der Waals surface area contributed by atoms with E-state index in [4.69, 9.17) is 23.2 Å². The number of nitrogens with one attached hydrogen (secondary N) is 2. The number of carbonyl (C=O) groups excluding carboxylic acids is 1. The van der Waals surface area contributed by atoms with Crippen molar-refractivity contribution in [3.8, 4) is 0 Å². The molecule has 25 heavy (non-hydrogen) atoms. The minimum Gasteiger partial charge on any atom is -0.385 e. The molecule has 3 heterocycles. The molecule has 1 aliphatic rings. The molecule has 0 saturated heterocycles. The lowest BCUT2D eigenvalue weighted by atomic mass is 9.90. The number of nitrogens with zero attached hydrogens (tertiary/aromatic N) is 2. The first kappa shape index (κ1) is 16.1. The van der Waals surface area contributed by atoms with Crippen LogP contribution in [0.5, 0.6) is 0 Å². The molecular formula is C18H14Cl2N4O. The Morgan fingerprint density at radius 3 is 2.84 bits per heavy atom. The zero-order valence-electron chi connectivity index (χ0n) is 13.1. The van der Waals surface area contributed by atoms with Crippen LogP contribution < -0.4 is 10.6 Å². The molecule has 0 saturated carbocycles. The number of rotatable bonds is 2. The van der Waals surface area contributed by atoms with E-state index < -0.39 is 0 Å². The van der Waals surface area contributed by atoms with Gasteiger partial charge >= 0.3 is 0 Å². The van der Waals surface area contributed by atoms with Crippen molar-refractivity contribution in [1.29, 1.82) is 0 Å². The van der Waals surface area contributed by atoms with Gasteiger partial charge in [-0.05, 0) is 30.2 Å². The molecule has 0 radical (unpaired) electrons. The highest BCUT2D eigenvalue weighted by Gasteiger charge is 2.28. The van der Waals surface area contributed by atoms with Crippen LogP contribution in [-0.2, 0) is 4.79 Å². The van der Waals surface area contributed by atoms with Gasteiger partial charge in [0.05, 0.1) is 27.8 Å². The number of aromatic nitrogens is 2. The fraction of sp³-hybridized carbons (Fsp3) is 0.167. The molecule has 0 fully saturated rings. The van der Waals surface area contributed by atoms with Crippen LogP contribution in [0.25, 0.3) is 10.8 Å². The quantitative estimate of drug-likeness (QED) is 0.695. The zero-order valence-corrected chi connectivity index (χ0v) is 14.6. The summed E-state index contributed by atoms with van der Waals surface area (Å²) in [4.78, 5) is 21.2. The molecule has 7 heteroatoms. The maximum Gasteiger partial charge on any atom is 0.232 e. The second-order valence-electron chi connectivity index (χ2n) is 5.89. The minimum atomic E-state index is -0.303. The summed E-state index contributed by atoms with van der Waals surface area (Å²) in [5.74, 6) is -0.393. The summed E-state index contributed by atoms with van der Waals surface area (Å²) in [5.41, 5.74) is 2.37. The van der Waals surface area contributed by atoms with Gasteiger partial charge in [0.15, 0.2) is 0 Å². The summed E-state index contributed by atoms with van der Waals surface area (Å²) in [7, 11) is 0. The summed E-state index contributed by atoms with van der Waals surface area (Å²) in [6.45, 7) is 0.695. The zero-order chi connectivity index (χ0) is 17.4. The third-order valence-electron chi connectivity index (χ3n) is 4.35. The van der Waals surface area contributed by atoms with E-state index in [0.29, 0.717) is 28.7 Å². The van der Waals surface area contributed by atoms with Crippen LogP contribution in [0.3, 0.4) is 0 Å². The van der Waals surface area contributed by atoms with Crippen molar-refractivity contribution in [1.82, 2.24) is 9.97 Å². The number of hydrogen-bond donors (Lipinski definition) is 2. The van der Waals surface area contributed by atoms with Crippen molar-refractivity contribution in [2.24, 2.45) is 0 Å². The molecule has 1 unspecified atom stereocenters. The summed E-state index contributed by atoms with van der Waals surface area (Å²) < 4.78 is 0. The first-order valence-corrected chi connectivity index (χ1v) is 8.60. The number of fused-ring (bicyclic) bond motifs is 2. The smallest absolute Gasteiger partial charge is 0.232 e. The van der Waals surface area contributed by atoms with Crippen molar-refractivity contribution >= 4 is 51.3 Å². The molecule has 3 aromatic rings. The Hall–Kier alpha value is -2.37. The number of anilines is 2. The molecular weight excluding hydrogens is 359 g/mol. The Labute approximate surface area is 154 Å². The fourth-order valence-electron chi connectivity index (χ4n) is 3.12. The lowest BCUT2D eigenvalue weighted by molar-refractivity contribution is -0.117. The average molecular weight is 373 g/mol. The van der Waals surface area contributed by atoms with Gasteiger partial charge in [-0.15, -0.1) is 0 Å². The summed E-state index contributed by atoms with van der Waals surface area (Å²) >= 11 is 12.2. The number of benzene rings is 1. The Morgan fingerprint density at radius 1 is 1.16 bits per heavy atom. The van der Waals surface area contributed by atoms with Crippen LogP contribution in [-0.4, -0.2) is 22.4 Å². The van der Waals surface area contributed by atoms with Crippen molar-refractivity contribution in [3.05, 3.63) is 58.6 Å². The van der Waals surface area contributed by atoms with Gasteiger partial charge in [0.25, 0.3) is 0 Å². The Balaban J connectivity index is 1.67. The second-order valence-corrected chi connectivity index (χ2v) is 6.71. The standard InChI is InChI=1S/C18H14Cl2N4O/c19-14-5-13-12(2-4-23-16(13)6-15(14)20)18(25)24-17-9-22-8-10-7-21-3-1-11(10)17/h1,3,5-9,12,23H,2,4H2,(H,24,25). The molecule has 0 aliphatic carbocycles. The maximum atomic E-state index is 12.9. The molecule has 2 aromatic heterocycles. The second kappa shape index (κ2) is 6.50. The molecule has 126 valence electrons. The van der Waals surface area contributed by atoms with Crippen LogP contribution in [0.1, 0.15) is 17.9 Å². The van der Waals surface area contributed by atoms with E-state index in [1.807, 2.05) is 6.07 Å². The first-order chi connectivity index (χ1) is 12.1. The van der Waals surface area contributed by atoms with Gasteiger partial charge in [-0.1, -0.05) is 23.2 Å². The van der Waals surface area contributed by atoms with Gasteiger partial charge in [-0.25, -0.2) is 0 Å². The molecule has 4 rings (SSSR count). The summed E-state index contributed by atoms with van der Waals surface area (Å²) in [6.07, 6.45) is 7.46. The monoisotopic (exact) mass is 372 g/mol. The van der Waals surface area contributed by atoms with Gasteiger partial charge < -0.3 is 10.6 Å². The number of pyridine rings is 2. The molecule has 5 nitrogen and oxygen atoms in total. The van der Waals surface area contributed by atoms with Crippen LogP contribution in [0, 0.1) is 0 Å². The van der Waals surface area contributed by atoms with E-state index in [9.17, 15) is 4.79 Å². The number of halogens is 2. The summed E-state index contributed by atoms with van der Waals surface area (Å²) in [6, 6.07) is 5.39. The number of carbonyl (C=O) groups is 1. The van der Waals surface area contributed by atoms with Crippen LogP contribution >= 0.6 is 23.2 Å². The molecule has 1 aromatic carbocycles. The minimum absolute atomic E-state index is 0.0905. The predicted molar refractivity (Wildman–Crippen MR) is 100 cm³/mol. The molecule has 2 N–H and O–H groups in total. The highest BCUT2D eigenvalue weighted by atomic mass is 35.5. The fourth-order valence-corrected chi connectivity index (χ4v) is 3.45. The van der Waals surface area contributed by atoms with Crippen molar-refractivity contribution in [3.63, 3.8) is 0 Å². The number of hydrogen-bond acceptors (Lipinski definition) is 4. The van der Waals surface area contributed by atoms with Gasteiger partial charge in [-0.3, -0.25) is 14.8 Å². The largest absolute Gasteiger partial charge is 0.385 e. The highest BCUT2D eigenvalue weighted by molar-refractivity contribution is 6.42. The van der Waals surface area contributed by atoms with Gasteiger partial charge in [0.1, 0.15) is 0 Å². The van der Waals surface area contributed by atoms with Crippen LogP contribution in [0.4, 0.5) is 11.4 Å². The normalized spacial score (nSPS) is 16.2. The lowest BCUT2D eigenvalue weighted by Gasteiger charge is -2.26. The van der Waals surface area contributed by atoms with Gasteiger partial charge in [-0.2, -0.15) is 0 Å². The molecule has 1 atom stereocenters. The molecule has 1 aliphatic heterocycles. The van der Waals surface area contributed by atoms with Crippen LogP contribution in [0.15, 0.2) is 43.0 Å². The lowest BCUT2D eigenvalue weighted by Crippen LogP contribution is -2.27. The van der Waals surface area contributed by atoms with E-state index in [1.165, 1.54) is 0 Å². The SMILES string of the molecule is O=C(Nc1cncc2cnccc12)C1CCNc2cc(Cl)c(Cl)cc21. The third-order valence-corrected chi connectivity index (χ3v) is 5.07. The van der Waals surface area contributed by atoms with Crippen LogP contribution in [0.2, 0.25) is 10.0 Å². The van der Waals surface area contributed by atoms with Crippen molar-refractivity contribution in [2.75, 3.05) is 17.2 Å². The third kappa shape index (κ3) is 3.01. The Morgan fingerprint density at radius 2 is 1.96 bits per heavy atom. The molecule has 0 spiro atoms. The maximum absolute atomic E-state index is 12.9. The first-order valence-electron chi connectivity index (χ1n) is 7.85. The Kier molecular flexibility index (Phi) is 4.19. The van der Waals surface area contributed by atoms with Crippen molar-refractivity contribution in [2.45, 2.75) is 12.3 Å².